The summed E-state index contributed by atoms with van der Waals surface area (Å²) in [7, 11) is 0. The second kappa shape index (κ2) is 5.12. The van der Waals surface area contributed by atoms with Gasteiger partial charge in [0.2, 0.25) is 0 Å². The third kappa shape index (κ3) is 3.07. The Morgan fingerprint density at radius 1 is 1.73 bits per heavy atom. The van der Waals surface area contributed by atoms with Crippen molar-refractivity contribution in [2.24, 2.45) is 0 Å². The van der Waals surface area contributed by atoms with Crippen molar-refractivity contribution in [1.29, 1.82) is 5.26 Å². The number of H-pyrrole nitrogens is 1. The number of carbonyl (C=O) groups is 1. The summed E-state index contributed by atoms with van der Waals surface area (Å²) in [5.74, 6) is -0.562. The lowest BCUT2D eigenvalue weighted by atomic mass is 10.5. The third-order valence-electron chi connectivity index (χ3n) is 1.41. The molecule has 0 aromatic carbocycles. The van der Waals surface area contributed by atoms with Gasteiger partial charge < -0.3 is 9.72 Å². The predicted molar refractivity (Wildman–Crippen MR) is 55.4 cm³/mol. The van der Waals surface area contributed by atoms with E-state index in [0.717, 1.165) is 17.4 Å². The molecule has 6 heteroatoms. The van der Waals surface area contributed by atoms with Crippen LogP contribution in [-0.4, -0.2) is 17.6 Å². The molecule has 0 bridgehead atoms. The Hall–Kier alpha value is -1.87. The molecule has 0 saturated carbocycles. The van der Waals surface area contributed by atoms with E-state index in [9.17, 15) is 9.59 Å². The Labute approximate surface area is 88.9 Å². The normalized spacial score (nSPS) is 12.5. The SMILES string of the molecule is CCOC(=O)C=c1sc(=CC#N)[nH]c1=O. The standard InChI is InChI=1S/C9H8N2O3S/c1-2-14-8(12)5-6-9(13)11-7(15-6)3-4-10/h3,5H,2H2,1H3,(H,11,13). The van der Waals surface area contributed by atoms with E-state index in [2.05, 4.69) is 9.72 Å². The van der Waals surface area contributed by atoms with Crippen LogP contribution in [0.2, 0.25) is 0 Å². The van der Waals surface area contributed by atoms with Crippen LogP contribution >= 0.6 is 11.3 Å². The molecule has 0 saturated heterocycles. The molecule has 1 rings (SSSR count). The van der Waals surface area contributed by atoms with Crippen LogP contribution in [0.3, 0.4) is 0 Å². The number of ether oxygens (including phenoxy) is 1. The molecule has 5 nitrogen and oxygen atoms in total. The van der Waals surface area contributed by atoms with Gasteiger partial charge in [-0.15, -0.1) is 11.3 Å². The first kappa shape index (κ1) is 11.2. The first-order valence-corrected chi connectivity index (χ1v) is 4.96. The number of nitriles is 1. The number of rotatable bonds is 2. The number of esters is 1. The van der Waals surface area contributed by atoms with E-state index in [1.54, 1.807) is 13.0 Å². The van der Waals surface area contributed by atoms with E-state index in [4.69, 9.17) is 5.26 Å². The van der Waals surface area contributed by atoms with Crippen LogP contribution in [0.25, 0.3) is 12.2 Å². The quantitative estimate of drug-likeness (QED) is 0.659. The van der Waals surface area contributed by atoms with E-state index in [1.807, 2.05) is 0 Å². The van der Waals surface area contributed by atoms with Crippen molar-refractivity contribution in [3.8, 4) is 6.07 Å². The molecular weight excluding hydrogens is 216 g/mol. The van der Waals surface area contributed by atoms with Crippen LogP contribution in [0.15, 0.2) is 4.79 Å². The number of nitrogens with zero attached hydrogens (tertiary/aromatic N) is 1. The van der Waals surface area contributed by atoms with Gasteiger partial charge in [-0.3, -0.25) is 4.79 Å². The highest BCUT2D eigenvalue weighted by atomic mass is 32.1. The van der Waals surface area contributed by atoms with Gasteiger partial charge in [0.05, 0.1) is 12.7 Å². The van der Waals surface area contributed by atoms with E-state index >= 15 is 0 Å². The van der Waals surface area contributed by atoms with Crippen molar-refractivity contribution < 1.29 is 9.53 Å². The van der Waals surface area contributed by atoms with Gasteiger partial charge in [-0.25, -0.2) is 4.79 Å². The summed E-state index contributed by atoms with van der Waals surface area (Å²) >= 11 is 1.04. The lowest BCUT2D eigenvalue weighted by Crippen LogP contribution is -2.21. The highest BCUT2D eigenvalue weighted by Gasteiger charge is 1.99. The number of aromatic nitrogens is 1. The maximum atomic E-state index is 11.2. The van der Waals surface area contributed by atoms with Crippen molar-refractivity contribution in [2.45, 2.75) is 6.92 Å². The van der Waals surface area contributed by atoms with Crippen LogP contribution in [0.5, 0.6) is 0 Å². The zero-order chi connectivity index (χ0) is 11.3. The van der Waals surface area contributed by atoms with Crippen LogP contribution < -0.4 is 14.8 Å². The van der Waals surface area contributed by atoms with Gasteiger partial charge in [0, 0.05) is 12.2 Å². The van der Waals surface area contributed by atoms with Gasteiger partial charge in [0.25, 0.3) is 5.56 Å². The van der Waals surface area contributed by atoms with Crippen LogP contribution in [0.4, 0.5) is 0 Å². The van der Waals surface area contributed by atoms with Gasteiger partial charge >= 0.3 is 5.97 Å². The van der Waals surface area contributed by atoms with Gasteiger partial charge in [0.1, 0.15) is 9.20 Å². The minimum Gasteiger partial charge on any atom is -0.463 e. The molecule has 0 atom stereocenters. The molecule has 1 aromatic heterocycles. The van der Waals surface area contributed by atoms with Crippen molar-refractivity contribution in [1.82, 2.24) is 4.98 Å². The Kier molecular flexibility index (Phi) is 3.83. The van der Waals surface area contributed by atoms with Crippen molar-refractivity contribution in [2.75, 3.05) is 6.61 Å². The molecule has 0 fully saturated rings. The van der Waals surface area contributed by atoms with Crippen LogP contribution in [-0.2, 0) is 9.53 Å². The first-order chi connectivity index (χ1) is 7.17. The Balaban J connectivity index is 3.17. The van der Waals surface area contributed by atoms with E-state index in [1.165, 1.54) is 6.08 Å². The maximum absolute atomic E-state index is 11.2. The summed E-state index contributed by atoms with van der Waals surface area (Å²) in [5, 5.41) is 8.36. The maximum Gasteiger partial charge on any atom is 0.332 e. The Bertz CT molecular complexity index is 561. The molecule has 0 radical (unpaired) electrons. The van der Waals surface area contributed by atoms with Crippen molar-refractivity contribution >= 4 is 29.5 Å². The molecule has 0 spiro atoms. The molecule has 0 aliphatic rings. The first-order valence-electron chi connectivity index (χ1n) is 4.14. The number of thiazole rings is 1. The molecule has 0 aliphatic heterocycles. The molecule has 78 valence electrons. The largest absolute Gasteiger partial charge is 0.463 e. The fourth-order valence-electron chi connectivity index (χ4n) is 0.874. The Morgan fingerprint density at radius 3 is 3.07 bits per heavy atom. The van der Waals surface area contributed by atoms with Gasteiger partial charge in [-0.1, -0.05) is 0 Å². The van der Waals surface area contributed by atoms with Crippen LogP contribution in [0.1, 0.15) is 6.92 Å². The van der Waals surface area contributed by atoms with E-state index in [-0.39, 0.29) is 11.1 Å². The number of carbonyl (C=O) groups excluding carboxylic acids is 1. The monoisotopic (exact) mass is 224 g/mol. The molecule has 0 aliphatic carbocycles. The highest BCUT2D eigenvalue weighted by Crippen LogP contribution is 1.79. The summed E-state index contributed by atoms with van der Waals surface area (Å²) in [5.41, 5.74) is -0.394. The number of nitrogens with one attached hydrogen (secondary N) is 1. The Morgan fingerprint density at radius 2 is 2.47 bits per heavy atom. The summed E-state index contributed by atoms with van der Waals surface area (Å²) in [6.45, 7) is 1.94. The summed E-state index contributed by atoms with van der Waals surface area (Å²) in [4.78, 5) is 24.7. The summed E-state index contributed by atoms with van der Waals surface area (Å²) in [6, 6.07) is 1.79. The smallest absolute Gasteiger partial charge is 0.332 e. The molecule has 0 amide bonds. The fraction of sp³-hybridized carbons (Fsp3) is 0.222. The number of aromatic amines is 1. The minimum atomic E-state index is -0.562. The lowest BCUT2D eigenvalue weighted by Gasteiger charge is -1.91. The van der Waals surface area contributed by atoms with Gasteiger partial charge in [0.15, 0.2) is 0 Å². The number of hydrogen-bond donors (Lipinski definition) is 1. The third-order valence-corrected chi connectivity index (χ3v) is 2.37. The molecule has 0 unspecified atom stereocenters. The van der Waals surface area contributed by atoms with Gasteiger partial charge in [-0.05, 0) is 6.92 Å². The average Bonchev–Trinajstić information content (AvgIpc) is 2.48. The zero-order valence-corrected chi connectivity index (χ0v) is 8.76. The van der Waals surface area contributed by atoms with Crippen molar-refractivity contribution in [3.05, 3.63) is 19.5 Å². The summed E-state index contributed by atoms with van der Waals surface area (Å²) < 4.78 is 5.30. The predicted octanol–water partition coefficient (Wildman–Crippen LogP) is -0.916. The highest BCUT2D eigenvalue weighted by molar-refractivity contribution is 7.07. The van der Waals surface area contributed by atoms with Crippen molar-refractivity contribution in [3.63, 3.8) is 0 Å². The van der Waals surface area contributed by atoms with Crippen LogP contribution in [0, 0.1) is 11.3 Å². The van der Waals surface area contributed by atoms with Gasteiger partial charge in [-0.2, -0.15) is 5.26 Å². The molecule has 1 aromatic rings. The minimum absolute atomic E-state index is 0.231. The fourth-order valence-corrected chi connectivity index (χ4v) is 1.67. The molecule has 15 heavy (non-hydrogen) atoms. The zero-order valence-electron chi connectivity index (χ0n) is 7.94. The van der Waals surface area contributed by atoms with E-state index in [0.29, 0.717) is 4.66 Å². The lowest BCUT2D eigenvalue weighted by molar-refractivity contribution is -0.135. The topological polar surface area (TPSA) is 82.9 Å². The molecule has 1 N–H and O–H groups in total. The second-order valence-corrected chi connectivity index (χ2v) is 3.54. The number of hydrogen-bond acceptors (Lipinski definition) is 5. The second-order valence-electron chi connectivity index (χ2n) is 2.45. The molecular formula is C9H8N2O3S. The molecule has 1 heterocycles. The summed E-state index contributed by atoms with van der Waals surface area (Å²) in [6.07, 6.45) is 2.32. The van der Waals surface area contributed by atoms with E-state index < -0.39 is 11.5 Å². The average molecular weight is 224 g/mol.